The van der Waals surface area contributed by atoms with Crippen LogP contribution in [0.4, 0.5) is 0 Å². The van der Waals surface area contributed by atoms with Crippen molar-refractivity contribution in [3.8, 4) is 17.1 Å². The molecule has 1 fully saturated rings. The third-order valence-electron chi connectivity index (χ3n) is 4.99. The number of hydrogen-bond acceptors (Lipinski definition) is 4. The summed E-state index contributed by atoms with van der Waals surface area (Å²) in [6, 6.07) is 16.8. The highest BCUT2D eigenvalue weighted by atomic mass is 16.5. The van der Waals surface area contributed by atoms with E-state index in [9.17, 15) is 4.79 Å². The van der Waals surface area contributed by atoms with Crippen molar-refractivity contribution in [2.75, 3.05) is 13.1 Å². The quantitative estimate of drug-likeness (QED) is 0.769. The van der Waals surface area contributed by atoms with Gasteiger partial charge in [0.2, 0.25) is 0 Å². The molecular formula is C22H23NO3. The van der Waals surface area contributed by atoms with Crippen molar-refractivity contribution in [3.05, 3.63) is 64.8 Å². The lowest BCUT2D eigenvalue weighted by Gasteiger charge is -2.22. The fourth-order valence-corrected chi connectivity index (χ4v) is 3.48. The molecule has 1 aliphatic heterocycles. The minimum Gasteiger partial charge on any atom is -0.490 e. The maximum absolute atomic E-state index is 12.6. The van der Waals surface area contributed by atoms with Gasteiger partial charge in [0, 0.05) is 24.1 Å². The average Bonchev–Trinajstić information content (AvgIpc) is 2.87. The van der Waals surface area contributed by atoms with E-state index in [0.29, 0.717) is 22.6 Å². The van der Waals surface area contributed by atoms with Gasteiger partial charge < -0.3 is 14.5 Å². The summed E-state index contributed by atoms with van der Waals surface area (Å²) < 4.78 is 12.2. The van der Waals surface area contributed by atoms with Crippen molar-refractivity contribution in [1.82, 2.24) is 5.32 Å². The number of rotatable bonds is 3. The normalized spacial score (nSPS) is 20.7. The maximum atomic E-state index is 12.6. The van der Waals surface area contributed by atoms with Gasteiger partial charge in [-0.25, -0.2) is 0 Å². The molecule has 4 rings (SSSR count). The standard InChI is InChI=1S/C22H23NO3/c1-15-14-23-11-5-8-20(15)25-17-9-10-21-18(12-17)19(24)13-22(26-21)16-6-3-2-4-7-16/h2-4,6-7,9-10,12-13,15,20,23H,5,8,11,14H2,1H3. The van der Waals surface area contributed by atoms with Gasteiger partial charge in [-0.05, 0) is 37.6 Å². The lowest BCUT2D eigenvalue weighted by molar-refractivity contribution is 0.141. The lowest BCUT2D eigenvalue weighted by Crippen LogP contribution is -2.29. The van der Waals surface area contributed by atoms with E-state index in [0.717, 1.165) is 37.2 Å². The molecule has 1 aliphatic rings. The van der Waals surface area contributed by atoms with E-state index in [1.165, 1.54) is 0 Å². The number of fused-ring (bicyclic) bond motifs is 1. The zero-order valence-corrected chi connectivity index (χ0v) is 14.9. The molecule has 4 heteroatoms. The van der Waals surface area contributed by atoms with Crippen LogP contribution >= 0.6 is 0 Å². The first-order valence-corrected chi connectivity index (χ1v) is 9.21. The minimum atomic E-state index is -0.0499. The molecule has 0 radical (unpaired) electrons. The zero-order valence-electron chi connectivity index (χ0n) is 14.9. The molecule has 134 valence electrons. The SMILES string of the molecule is CC1CNCCCC1Oc1ccc2oc(-c3ccccc3)cc(=O)c2c1. The predicted molar refractivity (Wildman–Crippen MR) is 104 cm³/mol. The summed E-state index contributed by atoms with van der Waals surface area (Å²) in [6.07, 6.45) is 2.29. The van der Waals surface area contributed by atoms with Gasteiger partial charge in [0.15, 0.2) is 5.43 Å². The van der Waals surface area contributed by atoms with E-state index in [-0.39, 0.29) is 11.5 Å². The van der Waals surface area contributed by atoms with Crippen LogP contribution in [0.1, 0.15) is 19.8 Å². The Morgan fingerprint density at radius 3 is 2.81 bits per heavy atom. The molecule has 2 atom stereocenters. The first-order chi connectivity index (χ1) is 12.7. The van der Waals surface area contributed by atoms with Crippen LogP contribution < -0.4 is 15.5 Å². The number of hydrogen-bond donors (Lipinski definition) is 1. The summed E-state index contributed by atoms with van der Waals surface area (Å²) in [5.74, 6) is 1.75. The van der Waals surface area contributed by atoms with Crippen LogP contribution in [-0.2, 0) is 0 Å². The monoisotopic (exact) mass is 349 g/mol. The fraction of sp³-hybridized carbons (Fsp3) is 0.318. The molecule has 4 nitrogen and oxygen atoms in total. The predicted octanol–water partition coefficient (Wildman–Crippen LogP) is 4.23. The van der Waals surface area contributed by atoms with Crippen LogP contribution in [0.5, 0.6) is 5.75 Å². The van der Waals surface area contributed by atoms with E-state index >= 15 is 0 Å². The van der Waals surface area contributed by atoms with E-state index in [2.05, 4.69) is 12.2 Å². The molecule has 0 aliphatic carbocycles. The Bertz CT molecular complexity index is 949. The van der Waals surface area contributed by atoms with Gasteiger partial charge in [0.05, 0.1) is 5.39 Å². The second-order valence-corrected chi connectivity index (χ2v) is 6.98. The molecule has 1 aromatic heterocycles. The summed E-state index contributed by atoms with van der Waals surface area (Å²) in [7, 11) is 0. The second-order valence-electron chi connectivity index (χ2n) is 6.98. The minimum absolute atomic E-state index is 0.0499. The van der Waals surface area contributed by atoms with Gasteiger partial charge in [-0.15, -0.1) is 0 Å². The summed E-state index contributed by atoms with van der Waals surface area (Å²) in [4.78, 5) is 12.6. The number of ether oxygens (including phenoxy) is 1. The molecule has 3 aromatic rings. The van der Waals surface area contributed by atoms with Gasteiger partial charge in [0.1, 0.15) is 23.2 Å². The van der Waals surface area contributed by atoms with Gasteiger partial charge in [-0.1, -0.05) is 37.3 Å². The van der Waals surface area contributed by atoms with Crippen LogP contribution in [0.25, 0.3) is 22.3 Å². The molecule has 0 bridgehead atoms. The second kappa shape index (κ2) is 7.34. The highest BCUT2D eigenvalue weighted by molar-refractivity contribution is 5.80. The smallest absolute Gasteiger partial charge is 0.193 e. The van der Waals surface area contributed by atoms with Crippen molar-refractivity contribution < 1.29 is 9.15 Å². The van der Waals surface area contributed by atoms with Gasteiger partial charge >= 0.3 is 0 Å². The molecule has 2 heterocycles. The fourth-order valence-electron chi connectivity index (χ4n) is 3.48. The zero-order chi connectivity index (χ0) is 17.9. The summed E-state index contributed by atoms with van der Waals surface area (Å²) in [5, 5.41) is 3.99. The third-order valence-corrected chi connectivity index (χ3v) is 4.99. The van der Waals surface area contributed by atoms with Crippen molar-refractivity contribution in [3.63, 3.8) is 0 Å². The Balaban J connectivity index is 1.65. The molecular weight excluding hydrogens is 326 g/mol. The highest BCUT2D eigenvalue weighted by Crippen LogP contribution is 2.26. The Kier molecular flexibility index (Phi) is 4.76. The molecule has 0 spiro atoms. The summed E-state index contributed by atoms with van der Waals surface area (Å²) >= 11 is 0. The molecule has 1 N–H and O–H groups in total. The van der Waals surface area contributed by atoms with E-state index in [4.69, 9.17) is 9.15 Å². The van der Waals surface area contributed by atoms with Crippen LogP contribution in [-0.4, -0.2) is 19.2 Å². The van der Waals surface area contributed by atoms with E-state index in [1.54, 1.807) is 12.1 Å². The van der Waals surface area contributed by atoms with Gasteiger partial charge in [-0.2, -0.15) is 0 Å². The molecule has 0 amide bonds. The maximum Gasteiger partial charge on any atom is 0.193 e. The van der Waals surface area contributed by atoms with Crippen molar-refractivity contribution in [2.24, 2.45) is 5.92 Å². The first-order valence-electron chi connectivity index (χ1n) is 9.21. The van der Waals surface area contributed by atoms with Crippen molar-refractivity contribution in [1.29, 1.82) is 0 Å². The van der Waals surface area contributed by atoms with Gasteiger partial charge in [-0.3, -0.25) is 4.79 Å². The Hall–Kier alpha value is -2.59. The lowest BCUT2D eigenvalue weighted by atomic mass is 10.0. The molecule has 1 saturated heterocycles. The van der Waals surface area contributed by atoms with E-state index in [1.807, 2.05) is 42.5 Å². The average molecular weight is 349 g/mol. The molecule has 2 aromatic carbocycles. The number of benzene rings is 2. The van der Waals surface area contributed by atoms with Crippen LogP contribution in [0.15, 0.2) is 63.8 Å². The summed E-state index contributed by atoms with van der Waals surface area (Å²) in [5.41, 5.74) is 1.43. The van der Waals surface area contributed by atoms with Crippen LogP contribution in [0.2, 0.25) is 0 Å². The molecule has 0 saturated carbocycles. The Morgan fingerprint density at radius 1 is 1.12 bits per heavy atom. The molecule has 26 heavy (non-hydrogen) atoms. The Labute approximate surface area is 152 Å². The molecule has 2 unspecified atom stereocenters. The van der Waals surface area contributed by atoms with Crippen LogP contribution in [0.3, 0.4) is 0 Å². The number of nitrogens with one attached hydrogen (secondary N) is 1. The van der Waals surface area contributed by atoms with Crippen molar-refractivity contribution >= 4 is 11.0 Å². The first kappa shape index (κ1) is 16.9. The van der Waals surface area contributed by atoms with Gasteiger partial charge in [0.25, 0.3) is 0 Å². The third kappa shape index (κ3) is 3.51. The van der Waals surface area contributed by atoms with Crippen LogP contribution in [0, 0.1) is 5.92 Å². The van der Waals surface area contributed by atoms with Crippen molar-refractivity contribution in [2.45, 2.75) is 25.9 Å². The van der Waals surface area contributed by atoms with E-state index < -0.39 is 0 Å². The summed E-state index contributed by atoms with van der Waals surface area (Å²) in [6.45, 7) is 4.19. The Morgan fingerprint density at radius 2 is 1.96 bits per heavy atom. The highest BCUT2D eigenvalue weighted by Gasteiger charge is 2.21. The largest absolute Gasteiger partial charge is 0.490 e. The topological polar surface area (TPSA) is 51.5 Å².